The molecule has 2 aliphatic rings. The van der Waals surface area contributed by atoms with Crippen LogP contribution in [0.1, 0.15) is 284 Å². The minimum atomic E-state index is -1.78. The molecule has 12 atom stereocenters. The molecule has 0 saturated carbocycles. The molecule has 0 aromatic rings. The van der Waals surface area contributed by atoms with Gasteiger partial charge in [-0.15, -0.1) is 0 Å². The normalized spacial score (nSPS) is 25.1. The lowest BCUT2D eigenvalue weighted by Crippen LogP contribution is -2.65. The van der Waals surface area contributed by atoms with Gasteiger partial charge in [0.25, 0.3) is 0 Å². The Morgan fingerprint density at radius 2 is 0.770 bits per heavy atom. The number of carbonyl (C=O) groups excluding carboxylic acids is 1. The molecule has 0 radical (unpaired) electrons. The standard InChI is InChI=1S/C60H117NO13/c1-3-5-7-9-11-13-14-15-16-17-18-19-20-21-22-23-24-25-26-27-28-29-30-31-32-33-34-35-36-38-40-42-44-52(65)61-48(49(64)43-41-39-37-12-10-8-6-4-2)47-71-59-57(70)55(68)58(51(46-63)73-59)74-60-56(69)54(67)53(66)50(45-62)72-60/h48-51,53-60,62-64,66-70H,3-47H2,1-2H3,(H,61,65). The number of rotatable bonds is 51. The molecular weight excluding hydrogens is 943 g/mol. The Balaban J connectivity index is 1.56. The number of aliphatic hydroxyl groups excluding tert-OH is 8. The molecule has 0 aromatic carbocycles. The number of aliphatic hydroxyl groups is 8. The van der Waals surface area contributed by atoms with E-state index in [4.69, 9.17) is 18.9 Å². The molecule has 74 heavy (non-hydrogen) atoms. The Hall–Kier alpha value is -1.01. The van der Waals surface area contributed by atoms with Crippen molar-refractivity contribution in [3.63, 3.8) is 0 Å². The fourth-order valence-corrected chi connectivity index (χ4v) is 10.8. The second kappa shape index (κ2) is 46.9. The summed E-state index contributed by atoms with van der Waals surface area (Å²) in [7, 11) is 0. The van der Waals surface area contributed by atoms with Crippen molar-refractivity contribution >= 4 is 5.91 Å². The van der Waals surface area contributed by atoms with Gasteiger partial charge in [0.05, 0.1) is 32.0 Å². The van der Waals surface area contributed by atoms with Gasteiger partial charge < -0.3 is 65.1 Å². The van der Waals surface area contributed by atoms with Gasteiger partial charge in [-0.2, -0.15) is 0 Å². The SMILES string of the molecule is CCCCCCCCCCCCCCCCCCCCCCCCCCCCCCCCCCC(=O)NC(COC1OC(CO)C(OC2OC(CO)C(O)C(O)C2O)C(O)C1O)C(O)CCCCCCCCCC. The first-order valence-corrected chi connectivity index (χ1v) is 31.3. The average molecular weight is 1060 g/mol. The van der Waals surface area contributed by atoms with Crippen LogP contribution in [-0.4, -0.2) is 140 Å². The van der Waals surface area contributed by atoms with Crippen LogP contribution >= 0.6 is 0 Å². The van der Waals surface area contributed by atoms with Gasteiger partial charge in [0.2, 0.25) is 5.91 Å². The van der Waals surface area contributed by atoms with Crippen molar-refractivity contribution in [1.29, 1.82) is 0 Å². The van der Waals surface area contributed by atoms with E-state index in [9.17, 15) is 45.6 Å². The summed E-state index contributed by atoms with van der Waals surface area (Å²) >= 11 is 0. The van der Waals surface area contributed by atoms with Gasteiger partial charge in [-0.05, 0) is 12.8 Å². The summed E-state index contributed by atoms with van der Waals surface area (Å²) in [5.41, 5.74) is 0. The smallest absolute Gasteiger partial charge is 0.220 e. The van der Waals surface area contributed by atoms with E-state index in [-0.39, 0.29) is 12.5 Å². The first-order valence-electron chi connectivity index (χ1n) is 31.3. The van der Waals surface area contributed by atoms with Gasteiger partial charge in [-0.1, -0.05) is 264 Å². The Labute approximate surface area is 451 Å². The van der Waals surface area contributed by atoms with E-state index in [1.165, 1.54) is 205 Å². The van der Waals surface area contributed by atoms with Crippen molar-refractivity contribution in [2.24, 2.45) is 0 Å². The predicted molar refractivity (Wildman–Crippen MR) is 296 cm³/mol. The van der Waals surface area contributed by atoms with Crippen LogP contribution in [0.25, 0.3) is 0 Å². The Bertz CT molecular complexity index is 1250. The molecular formula is C60H117NO13. The van der Waals surface area contributed by atoms with Crippen molar-refractivity contribution in [2.45, 2.75) is 357 Å². The lowest BCUT2D eigenvalue weighted by atomic mass is 9.97. The zero-order valence-electron chi connectivity index (χ0n) is 47.4. The van der Waals surface area contributed by atoms with Crippen LogP contribution in [0, 0.1) is 0 Å². The molecule has 9 N–H and O–H groups in total. The first kappa shape index (κ1) is 69.1. The summed E-state index contributed by atoms with van der Waals surface area (Å²) in [6, 6.07) is -0.820. The molecule has 2 heterocycles. The van der Waals surface area contributed by atoms with Gasteiger partial charge >= 0.3 is 0 Å². The number of unbranched alkanes of at least 4 members (excludes halogenated alkanes) is 38. The van der Waals surface area contributed by atoms with E-state index < -0.39 is 86.8 Å². The molecule has 2 fully saturated rings. The highest BCUT2D eigenvalue weighted by Gasteiger charge is 2.51. The molecule has 2 rings (SSSR count). The van der Waals surface area contributed by atoms with Crippen LogP contribution in [0.2, 0.25) is 0 Å². The van der Waals surface area contributed by atoms with Crippen LogP contribution in [-0.2, 0) is 23.7 Å². The van der Waals surface area contributed by atoms with E-state index in [1.54, 1.807) is 0 Å². The summed E-state index contributed by atoms with van der Waals surface area (Å²) in [5.74, 6) is -0.203. The molecule has 0 aromatic heterocycles. The minimum absolute atomic E-state index is 0.203. The number of nitrogens with one attached hydrogen (secondary N) is 1. The molecule has 0 bridgehead atoms. The van der Waals surface area contributed by atoms with Crippen LogP contribution in [0.4, 0.5) is 0 Å². The van der Waals surface area contributed by atoms with Crippen molar-refractivity contribution in [2.75, 3.05) is 19.8 Å². The first-order chi connectivity index (χ1) is 36.1. The van der Waals surface area contributed by atoms with Crippen molar-refractivity contribution in [3.05, 3.63) is 0 Å². The number of ether oxygens (including phenoxy) is 4. The van der Waals surface area contributed by atoms with E-state index in [0.717, 1.165) is 51.4 Å². The molecule has 14 heteroatoms. The van der Waals surface area contributed by atoms with Gasteiger partial charge in [-0.3, -0.25) is 4.79 Å². The summed E-state index contributed by atoms with van der Waals surface area (Å²) in [6.07, 6.45) is 36.0. The number of amides is 1. The van der Waals surface area contributed by atoms with Crippen molar-refractivity contribution in [3.8, 4) is 0 Å². The quantitative estimate of drug-likeness (QED) is 0.0259. The monoisotopic (exact) mass is 1060 g/mol. The third kappa shape index (κ3) is 32.2. The third-order valence-electron chi connectivity index (χ3n) is 15.8. The lowest BCUT2D eigenvalue weighted by molar-refractivity contribution is -0.359. The maximum atomic E-state index is 13.2. The molecule has 0 aliphatic carbocycles. The number of hydrogen-bond acceptors (Lipinski definition) is 13. The Morgan fingerprint density at radius 1 is 0.432 bits per heavy atom. The molecule has 0 spiro atoms. The topological polar surface area (TPSA) is 228 Å². The highest BCUT2D eigenvalue weighted by Crippen LogP contribution is 2.30. The van der Waals surface area contributed by atoms with E-state index in [1.807, 2.05) is 0 Å². The molecule has 2 aliphatic heterocycles. The zero-order valence-corrected chi connectivity index (χ0v) is 47.4. The number of carbonyl (C=O) groups is 1. The summed E-state index contributed by atoms with van der Waals surface area (Å²) in [4.78, 5) is 13.2. The molecule has 2 saturated heterocycles. The van der Waals surface area contributed by atoms with Crippen LogP contribution in [0.5, 0.6) is 0 Å². The fraction of sp³-hybridized carbons (Fsp3) is 0.983. The number of hydrogen-bond donors (Lipinski definition) is 9. The summed E-state index contributed by atoms with van der Waals surface area (Å²) < 4.78 is 22.8. The van der Waals surface area contributed by atoms with E-state index in [2.05, 4.69) is 19.2 Å². The van der Waals surface area contributed by atoms with E-state index in [0.29, 0.717) is 12.8 Å². The molecule has 1 amide bonds. The maximum Gasteiger partial charge on any atom is 0.220 e. The second-order valence-corrected chi connectivity index (χ2v) is 22.6. The average Bonchev–Trinajstić information content (AvgIpc) is 3.40. The van der Waals surface area contributed by atoms with Gasteiger partial charge in [0, 0.05) is 6.42 Å². The third-order valence-corrected chi connectivity index (χ3v) is 15.8. The van der Waals surface area contributed by atoms with Crippen LogP contribution in [0.15, 0.2) is 0 Å². The highest BCUT2D eigenvalue weighted by molar-refractivity contribution is 5.76. The van der Waals surface area contributed by atoms with Crippen molar-refractivity contribution in [1.82, 2.24) is 5.32 Å². The second-order valence-electron chi connectivity index (χ2n) is 22.6. The van der Waals surface area contributed by atoms with Crippen LogP contribution in [0.3, 0.4) is 0 Å². The highest BCUT2D eigenvalue weighted by atomic mass is 16.7. The lowest BCUT2D eigenvalue weighted by Gasteiger charge is -2.46. The Kier molecular flexibility index (Phi) is 43.8. The largest absolute Gasteiger partial charge is 0.394 e. The maximum absolute atomic E-state index is 13.2. The van der Waals surface area contributed by atoms with Gasteiger partial charge in [0.1, 0.15) is 48.8 Å². The predicted octanol–water partition coefficient (Wildman–Crippen LogP) is 10.9. The van der Waals surface area contributed by atoms with Gasteiger partial charge in [0.15, 0.2) is 12.6 Å². The van der Waals surface area contributed by atoms with Crippen LogP contribution < -0.4 is 5.32 Å². The molecule has 12 unspecified atom stereocenters. The Morgan fingerprint density at radius 3 is 1.15 bits per heavy atom. The van der Waals surface area contributed by atoms with Gasteiger partial charge in [-0.25, -0.2) is 0 Å². The molecule has 14 nitrogen and oxygen atoms in total. The summed E-state index contributed by atoms with van der Waals surface area (Å²) in [5, 5.41) is 86.9. The van der Waals surface area contributed by atoms with E-state index >= 15 is 0 Å². The zero-order chi connectivity index (χ0) is 53.9. The van der Waals surface area contributed by atoms with Crippen molar-refractivity contribution < 1.29 is 64.6 Å². The minimum Gasteiger partial charge on any atom is -0.394 e. The molecule has 440 valence electrons. The summed E-state index contributed by atoms with van der Waals surface area (Å²) in [6.45, 7) is 2.85. The fourth-order valence-electron chi connectivity index (χ4n) is 10.8.